The van der Waals surface area contributed by atoms with Crippen LogP contribution < -0.4 is 48.3 Å². The van der Waals surface area contributed by atoms with Gasteiger partial charge in [0.1, 0.15) is 29.1 Å². The molecule has 0 radical (unpaired) electrons. The molecule has 3 unspecified atom stereocenters. The summed E-state index contributed by atoms with van der Waals surface area (Å²) in [5, 5.41) is 30.2. The molecule has 0 saturated carbocycles. The van der Waals surface area contributed by atoms with E-state index in [1.54, 1.807) is 18.5 Å². The number of piperidine rings is 4. The molecule has 0 amide bonds. The van der Waals surface area contributed by atoms with E-state index in [1.807, 2.05) is 43.3 Å². The first-order valence-electron chi connectivity index (χ1n) is 34.4. The molecule has 0 aliphatic carbocycles. The lowest BCUT2D eigenvalue weighted by atomic mass is 9.75. The maximum atomic E-state index is 10.1. The van der Waals surface area contributed by atoms with E-state index in [9.17, 15) is 15.3 Å². The number of hydrogen-bond donors (Lipinski definition) is 8. The van der Waals surface area contributed by atoms with Crippen LogP contribution in [0.2, 0.25) is 0 Å². The second-order valence-electron chi connectivity index (χ2n) is 26.8. The Morgan fingerprint density at radius 3 is 1.26 bits per heavy atom. The highest BCUT2D eigenvalue weighted by Crippen LogP contribution is 2.40. The highest BCUT2D eigenvalue weighted by molar-refractivity contribution is 5.51. The zero-order valence-electron chi connectivity index (χ0n) is 55.9. The van der Waals surface area contributed by atoms with E-state index in [4.69, 9.17) is 28.7 Å². The van der Waals surface area contributed by atoms with E-state index in [-0.39, 0.29) is 42.0 Å². The van der Waals surface area contributed by atoms with Crippen LogP contribution in [0.3, 0.4) is 0 Å². The molecule has 4 aromatic carbocycles. The largest absolute Gasteiger partial charge is 0.396 e. The van der Waals surface area contributed by atoms with Crippen molar-refractivity contribution in [2.45, 2.75) is 129 Å². The minimum Gasteiger partial charge on any atom is -0.396 e. The van der Waals surface area contributed by atoms with Gasteiger partial charge in [-0.05, 0) is 175 Å². The van der Waals surface area contributed by atoms with E-state index in [0.29, 0.717) is 23.7 Å². The predicted molar refractivity (Wildman–Crippen MR) is 386 cm³/mol. The number of nitrogens with two attached hydrogens (primary N) is 5. The Hall–Kier alpha value is -8.72. The molecule has 12 rings (SSSR count). The Morgan fingerprint density at radius 2 is 0.821 bits per heavy atom. The minimum atomic E-state index is -0.0957. The standard InChI is InChI=1S/C20H28N4O.C19H27N5O.C19H26N4O.C17H22N4/c1-16-13-18(23-19(21)22-16)24-12-6-11-20(14-24,15-25)10-5-9-17-7-3-2-4-8-17;20-16-12-17(23-18(21)22-16)24-11-5-10-19(13-24,14-25)9-4-8-15-6-2-1-3-7-15;20-18-21-12-8-17(22-18)23-13-10-19(15-24,11-14-23)9-4-7-16-5-2-1-3-6-16;18-17-19-11-10-16(20-17)21-12-4-7-15(13-21)9-8-14-5-2-1-3-6-14/h2-4,7-8,13,25H,5-6,9-12,14-15H2,1H3,(H2,21,22,23);1-3,6-7,12,25H,4-5,8-11,13-14H2,(H4,20,21,22,23);1-3,5-6,8,12,24H,4,7,9-11,13-15H2,(H2,20,21,22);1-3,5-6,10-11,15H,4,7-9,12-13H2,(H2,18,19,20). The average Bonchev–Trinajstić information content (AvgIpc) is 1.00. The Balaban J connectivity index is 0.000000149. The van der Waals surface area contributed by atoms with E-state index >= 15 is 0 Å². The molecule has 0 bridgehead atoms. The number of nitrogens with zero attached hydrogens (tertiary/aromatic N) is 12. The van der Waals surface area contributed by atoms with Gasteiger partial charge < -0.3 is 63.6 Å². The molecule has 4 saturated heterocycles. The van der Waals surface area contributed by atoms with Crippen LogP contribution in [0.1, 0.15) is 124 Å². The molecular weight excluding hydrogens is 1190 g/mol. The Kier molecular flexibility index (Phi) is 26.5. The first kappa shape index (κ1) is 70.6. The van der Waals surface area contributed by atoms with Crippen molar-refractivity contribution in [3.8, 4) is 0 Å². The quantitative estimate of drug-likeness (QED) is 0.0313. The average molecular weight is 1290 g/mol. The lowest BCUT2D eigenvalue weighted by Crippen LogP contribution is -2.46. The molecule has 4 fully saturated rings. The molecule has 13 N–H and O–H groups in total. The van der Waals surface area contributed by atoms with Crippen LogP contribution in [0.4, 0.5) is 52.9 Å². The SMILES string of the molecule is Cc1cc(N2CCCC(CO)(CCCc3ccccc3)C2)nc(N)n1.Nc1cc(N2CCCC(CO)(CCCc3ccccc3)C2)nc(N)n1.Nc1nccc(N2CCC(CO)(CCCc3ccccc3)CC2)n1.Nc1nccc(N2CCCC(CCc3ccccc3)C2)n1. The van der Waals surface area contributed by atoms with Gasteiger partial charge in [0.2, 0.25) is 23.8 Å². The van der Waals surface area contributed by atoms with E-state index < -0.39 is 0 Å². The number of rotatable bonds is 22. The van der Waals surface area contributed by atoms with Crippen molar-refractivity contribution in [2.75, 3.05) is 120 Å². The highest BCUT2D eigenvalue weighted by atomic mass is 16.3. The number of nitrogen functional groups attached to an aromatic ring is 5. The van der Waals surface area contributed by atoms with Crippen molar-refractivity contribution in [3.63, 3.8) is 0 Å². The molecule has 20 nitrogen and oxygen atoms in total. The predicted octanol–water partition coefficient (Wildman–Crippen LogP) is 10.8. The van der Waals surface area contributed by atoms with E-state index in [1.165, 1.54) is 41.5 Å². The van der Waals surface area contributed by atoms with Gasteiger partial charge in [-0.2, -0.15) is 24.9 Å². The van der Waals surface area contributed by atoms with Crippen LogP contribution in [0.25, 0.3) is 0 Å². The zero-order valence-corrected chi connectivity index (χ0v) is 55.9. The van der Waals surface area contributed by atoms with Crippen molar-refractivity contribution < 1.29 is 15.3 Å². The second kappa shape index (κ2) is 35.7. The van der Waals surface area contributed by atoms with Crippen LogP contribution in [0.15, 0.2) is 158 Å². The summed E-state index contributed by atoms with van der Waals surface area (Å²) in [4.78, 5) is 42.4. The normalized spacial score (nSPS) is 19.3. The topological polar surface area (TPSA) is 307 Å². The summed E-state index contributed by atoms with van der Waals surface area (Å²) in [6.07, 6.45) is 24.1. The van der Waals surface area contributed by atoms with Gasteiger partial charge >= 0.3 is 0 Å². The van der Waals surface area contributed by atoms with Crippen molar-refractivity contribution in [1.82, 2.24) is 39.9 Å². The van der Waals surface area contributed by atoms with Crippen molar-refractivity contribution >= 4 is 52.9 Å². The smallest absolute Gasteiger partial charge is 0.223 e. The summed E-state index contributed by atoms with van der Waals surface area (Å²) in [6.45, 7) is 10.0. The van der Waals surface area contributed by atoms with Crippen LogP contribution in [0, 0.1) is 29.1 Å². The number of anilines is 9. The first-order chi connectivity index (χ1) is 46.2. The second-order valence-corrected chi connectivity index (χ2v) is 26.8. The van der Waals surface area contributed by atoms with Gasteiger partial charge in [-0.3, -0.25) is 0 Å². The third kappa shape index (κ3) is 21.9. The number of aliphatic hydroxyl groups is 3. The summed E-state index contributed by atoms with van der Waals surface area (Å²) < 4.78 is 0. The Bertz CT molecular complexity index is 3360. The fraction of sp³-hybridized carbons (Fsp3) is 0.467. The molecule has 3 atom stereocenters. The molecule has 8 aromatic rings. The van der Waals surface area contributed by atoms with Gasteiger partial charge in [0.05, 0.1) is 13.2 Å². The molecule has 4 aliphatic heterocycles. The third-order valence-electron chi connectivity index (χ3n) is 19.6. The van der Waals surface area contributed by atoms with Gasteiger partial charge in [0, 0.05) is 100 Å². The summed E-state index contributed by atoms with van der Waals surface area (Å²) in [7, 11) is 0. The van der Waals surface area contributed by atoms with Gasteiger partial charge in [-0.1, -0.05) is 121 Å². The lowest BCUT2D eigenvalue weighted by molar-refractivity contribution is 0.0849. The van der Waals surface area contributed by atoms with E-state index in [2.05, 4.69) is 163 Å². The fourth-order valence-electron chi connectivity index (χ4n) is 14.2. The highest BCUT2D eigenvalue weighted by Gasteiger charge is 2.38. The maximum absolute atomic E-state index is 10.1. The summed E-state index contributed by atoms with van der Waals surface area (Å²) in [5.41, 5.74) is 35.0. The fourth-order valence-corrected chi connectivity index (χ4v) is 14.2. The van der Waals surface area contributed by atoms with Crippen molar-refractivity contribution in [1.29, 1.82) is 0 Å². The molecule has 4 aromatic heterocycles. The van der Waals surface area contributed by atoms with Crippen LogP contribution in [-0.4, -0.2) is 127 Å². The monoisotopic (exact) mass is 1290 g/mol. The molecule has 0 spiro atoms. The molecule has 8 heterocycles. The molecule has 95 heavy (non-hydrogen) atoms. The van der Waals surface area contributed by atoms with Crippen molar-refractivity contribution in [3.05, 3.63) is 186 Å². The van der Waals surface area contributed by atoms with Gasteiger partial charge in [-0.15, -0.1) is 0 Å². The van der Waals surface area contributed by atoms with Gasteiger partial charge in [0.15, 0.2) is 0 Å². The molecular formula is C75H103N17O3. The van der Waals surface area contributed by atoms with Crippen LogP contribution >= 0.6 is 0 Å². The van der Waals surface area contributed by atoms with Crippen LogP contribution in [-0.2, 0) is 25.7 Å². The molecule has 4 aliphatic rings. The van der Waals surface area contributed by atoms with Gasteiger partial charge in [0.25, 0.3) is 0 Å². The van der Waals surface area contributed by atoms with Crippen molar-refractivity contribution in [2.24, 2.45) is 22.2 Å². The molecule has 20 heteroatoms. The lowest BCUT2D eigenvalue weighted by Gasteiger charge is -2.42. The van der Waals surface area contributed by atoms with E-state index in [0.717, 1.165) is 190 Å². The number of hydrogen-bond acceptors (Lipinski definition) is 20. The van der Waals surface area contributed by atoms with Crippen LogP contribution in [0.5, 0.6) is 0 Å². The Labute approximate surface area is 562 Å². The Morgan fingerprint density at radius 1 is 0.411 bits per heavy atom. The summed E-state index contributed by atoms with van der Waals surface area (Å²) in [6, 6.07) is 50.0. The molecule has 506 valence electrons. The minimum absolute atomic E-state index is 0.0455. The number of aliphatic hydroxyl groups excluding tert-OH is 3. The first-order valence-corrected chi connectivity index (χ1v) is 34.4. The summed E-state index contributed by atoms with van der Waals surface area (Å²) in [5.74, 6) is 5.79. The van der Waals surface area contributed by atoms with Gasteiger partial charge in [-0.25, -0.2) is 15.0 Å². The maximum Gasteiger partial charge on any atom is 0.223 e. The zero-order chi connectivity index (χ0) is 66.7. The number of benzene rings is 4. The summed E-state index contributed by atoms with van der Waals surface area (Å²) >= 11 is 0. The number of aryl methyl sites for hydroxylation is 5. The third-order valence-corrected chi connectivity index (χ3v) is 19.6. The number of aromatic nitrogens is 8.